The number of carbonyl (C=O) groups excluding carboxylic acids is 2. The Hall–Kier alpha value is -1.69. The van der Waals surface area contributed by atoms with E-state index in [1.54, 1.807) is 11.8 Å². The summed E-state index contributed by atoms with van der Waals surface area (Å²) in [6, 6.07) is 8.84. The SMILES string of the molecule is CSCCCNC(=O)[C@@H](NC(=O)OCc1ccccc1)C(C)C. The molecule has 0 spiro atoms. The number of ether oxygens (including phenoxy) is 1. The molecule has 128 valence electrons. The molecule has 0 heterocycles. The molecule has 0 saturated carbocycles. The lowest BCUT2D eigenvalue weighted by Gasteiger charge is -2.21. The molecule has 2 amide bonds. The van der Waals surface area contributed by atoms with Gasteiger partial charge >= 0.3 is 6.09 Å². The van der Waals surface area contributed by atoms with E-state index in [0.717, 1.165) is 17.7 Å². The van der Waals surface area contributed by atoms with Crippen molar-refractivity contribution in [3.8, 4) is 0 Å². The number of thioether (sulfide) groups is 1. The topological polar surface area (TPSA) is 67.4 Å². The van der Waals surface area contributed by atoms with Gasteiger partial charge in [0.05, 0.1) is 0 Å². The lowest BCUT2D eigenvalue weighted by atomic mass is 10.0. The first kappa shape index (κ1) is 19.4. The van der Waals surface area contributed by atoms with E-state index in [2.05, 4.69) is 10.6 Å². The van der Waals surface area contributed by atoms with E-state index in [1.807, 2.05) is 50.4 Å². The molecule has 0 aliphatic carbocycles. The molecule has 0 radical (unpaired) electrons. The van der Waals surface area contributed by atoms with Crippen LogP contribution in [0.1, 0.15) is 25.8 Å². The highest BCUT2D eigenvalue weighted by molar-refractivity contribution is 7.98. The summed E-state index contributed by atoms with van der Waals surface area (Å²) in [6.45, 7) is 4.59. The summed E-state index contributed by atoms with van der Waals surface area (Å²) in [4.78, 5) is 24.1. The van der Waals surface area contributed by atoms with Crippen LogP contribution in [0, 0.1) is 5.92 Å². The predicted molar refractivity (Wildman–Crippen MR) is 94.4 cm³/mol. The zero-order chi connectivity index (χ0) is 17.1. The Bertz CT molecular complexity index is 480. The Morgan fingerprint density at radius 1 is 1.22 bits per heavy atom. The molecule has 1 rings (SSSR count). The van der Waals surface area contributed by atoms with Crippen molar-refractivity contribution in [2.24, 2.45) is 5.92 Å². The number of benzene rings is 1. The van der Waals surface area contributed by atoms with Gasteiger partial charge in [0.25, 0.3) is 0 Å². The maximum absolute atomic E-state index is 12.2. The third-order valence-corrected chi connectivity index (χ3v) is 3.96. The number of carbonyl (C=O) groups is 2. The van der Waals surface area contributed by atoms with Gasteiger partial charge in [-0.25, -0.2) is 4.79 Å². The minimum absolute atomic E-state index is 0.0141. The molecule has 6 heteroatoms. The lowest BCUT2D eigenvalue weighted by molar-refractivity contribution is -0.124. The van der Waals surface area contributed by atoms with Gasteiger partial charge in [0.1, 0.15) is 12.6 Å². The second kappa shape index (κ2) is 10.9. The minimum atomic E-state index is -0.590. The van der Waals surface area contributed by atoms with Gasteiger partial charge in [0.2, 0.25) is 5.91 Å². The van der Waals surface area contributed by atoms with Crippen LogP contribution >= 0.6 is 11.8 Å². The van der Waals surface area contributed by atoms with Gasteiger partial charge in [-0.1, -0.05) is 44.2 Å². The molecule has 1 atom stereocenters. The Morgan fingerprint density at radius 2 is 1.91 bits per heavy atom. The number of amides is 2. The molecule has 5 nitrogen and oxygen atoms in total. The summed E-state index contributed by atoms with van der Waals surface area (Å²) in [7, 11) is 0. The van der Waals surface area contributed by atoms with E-state index >= 15 is 0 Å². The van der Waals surface area contributed by atoms with Crippen molar-refractivity contribution < 1.29 is 14.3 Å². The average molecular weight is 338 g/mol. The zero-order valence-electron chi connectivity index (χ0n) is 14.0. The fourth-order valence-electron chi connectivity index (χ4n) is 1.96. The molecule has 1 aromatic rings. The first-order valence-electron chi connectivity index (χ1n) is 7.78. The van der Waals surface area contributed by atoms with Crippen molar-refractivity contribution in [1.82, 2.24) is 10.6 Å². The molecule has 1 aromatic carbocycles. The smallest absolute Gasteiger partial charge is 0.408 e. The van der Waals surface area contributed by atoms with Crippen LogP contribution in [0.3, 0.4) is 0 Å². The molecule has 0 saturated heterocycles. The van der Waals surface area contributed by atoms with Crippen LogP contribution in [0.5, 0.6) is 0 Å². The summed E-state index contributed by atoms with van der Waals surface area (Å²) in [6.07, 6.45) is 2.37. The molecule has 0 aliphatic heterocycles. The second-order valence-corrected chi connectivity index (χ2v) is 6.55. The molecule has 2 N–H and O–H groups in total. The van der Waals surface area contributed by atoms with Gasteiger partial charge in [0.15, 0.2) is 0 Å². The van der Waals surface area contributed by atoms with Gasteiger partial charge in [-0.05, 0) is 29.9 Å². The zero-order valence-corrected chi connectivity index (χ0v) is 14.8. The van der Waals surface area contributed by atoms with Crippen LogP contribution in [0.25, 0.3) is 0 Å². The summed E-state index contributed by atoms with van der Waals surface area (Å²) < 4.78 is 5.17. The fraction of sp³-hybridized carbons (Fsp3) is 0.529. The normalized spacial score (nSPS) is 11.8. The highest BCUT2D eigenvalue weighted by Gasteiger charge is 2.24. The van der Waals surface area contributed by atoms with Crippen molar-refractivity contribution in [3.05, 3.63) is 35.9 Å². The van der Waals surface area contributed by atoms with E-state index in [0.29, 0.717) is 6.54 Å². The van der Waals surface area contributed by atoms with E-state index in [9.17, 15) is 9.59 Å². The van der Waals surface area contributed by atoms with Gasteiger partial charge in [-0.3, -0.25) is 4.79 Å². The van der Waals surface area contributed by atoms with E-state index in [1.165, 1.54) is 0 Å². The standard InChI is InChI=1S/C17H26N2O3S/c1-13(2)15(16(20)18-10-7-11-23-3)19-17(21)22-12-14-8-5-4-6-9-14/h4-6,8-9,13,15H,7,10-12H2,1-3H3,(H,18,20)(H,19,21)/t15-/m0/s1. The molecule has 0 aromatic heterocycles. The third-order valence-electron chi connectivity index (χ3n) is 3.26. The van der Waals surface area contributed by atoms with E-state index < -0.39 is 12.1 Å². The van der Waals surface area contributed by atoms with E-state index in [4.69, 9.17) is 4.74 Å². The minimum Gasteiger partial charge on any atom is -0.445 e. The average Bonchev–Trinajstić information content (AvgIpc) is 2.55. The number of alkyl carbamates (subject to hydrolysis) is 1. The summed E-state index contributed by atoms with van der Waals surface area (Å²) in [5.74, 6) is 0.816. The van der Waals surface area contributed by atoms with Crippen LogP contribution in [0.15, 0.2) is 30.3 Å². The Morgan fingerprint density at radius 3 is 2.52 bits per heavy atom. The monoisotopic (exact) mass is 338 g/mol. The van der Waals surface area contributed by atoms with Gasteiger partial charge in [-0.15, -0.1) is 0 Å². The number of hydrogen-bond acceptors (Lipinski definition) is 4. The second-order valence-electron chi connectivity index (χ2n) is 5.57. The summed E-state index contributed by atoms with van der Waals surface area (Å²) >= 11 is 1.74. The first-order valence-corrected chi connectivity index (χ1v) is 9.17. The van der Waals surface area contributed by atoms with Crippen LogP contribution in [-0.4, -0.2) is 36.6 Å². The van der Waals surface area contributed by atoms with Crippen molar-refractivity contribution in [3.63, 3.8) is 0 Å². The van der Waals surface area contributed by atoms with Gasteiger partial charge < -0.3 is 15.4 Å². The van der Waals surface area contributed by atoms with Gasteiger partial charge in [0, 0.05) is 6.54 Å². The van der Waals surface area contributed by atoms with Crippen LogP contribution in [0.4, 0.5) is 4.79 Å². The van der Waals surface area contributed by atoms with Crippen molar-refractivity contribution in [2.75, 3.05) is 18.6 Å². The molecule has 0 fully saturated rings. The molecule has 0 bridgehead atoms. The lowest BCUT2D eigenvalue weighted by Crippen LogP contribution is -2.50. The highest BCUT2D eigenvalue weighted by Crippen LogP contribution is 2.05. The number of nitrogens with one attached hydrogen (secondary N) is 2. The Balaban J connectivity index is 2.41. The highest BCUT2D eigenvalue weighted by atomic mass is 32.2. The molecular weight excluding hydrogens is 312 g/mol. The van der Waals surface area contributed by atoms with E-state index in [-0.39, 0.29) is 18.4 Å². The first-order chi connectivity index (χ1) is 11.0. The molecule has 0 unspecified atom stereocenters. The summed E-state index contributed by atoms with van der Waals surface area (Å²) in [5, 5.41) is 5.50. The Labute approximate surface area is 142 Å². The molecular formula is C17H26N2O3S. The quantitative estimate of drug-likeness (QED) is 0.680. The van der Waals surface area contributed by atoms with Crippen LogP contribution in [0.2, 0.25) is 0 Å². The van der Waals surface area contributed by atoms with Gasteiger partial charge in [-0.2, -0.15) is 11.8 Å². The number of rotatable bonds is 9. The maximum Gasteiger partial charge on any atom is 0.408 e. The van der Waals surface area contributed by atoms with Crippen molar-refractivity contribution >= 4 is 23.8 Å². The van der Waals surface area contributed by atoms with Crippen LogP contribution in [-0.2, 0) is 16.1 Å². The fourth-order valence-corrected chi connectivity index (χ4v) is 2.40. The third kappa shape index (κ3) is 7.93. The van der Waals surface area contributed by atoms with Crippen molar-refractivity contribution in [1.29, 1.82) is 0 Å². The summed E-state index contributed by atoms with van der Waals surface area (Å²) in [5.41, 5.74) is 0.908. The molecule has 23 heavy (non-hydrogen) atoms. The number of hydrogen-bond donors (Lipinski definition) is 2. The predicted octanol–water partition coefficient (Wildman–Crippen LogP) is 2.81. The van der Waals surface area contributed by atoms with Crippen LogP contribution < -0.4 is 10.6 Å². The molecule has 0 aliphatic rings. The Kier molecular flexibility index (Phi) is 9.21. The van der Waals surface area contributed by atoms with Crippen molar-refractivity contribution in [2.45, 2.75) is 32.9 Å². The maximum atomic E-state index is 12.2. The largest absolute Gasteiger partial charge is 0.445 e.